The molecule has 0 saturated heterocycles. The average Bonchev–Trinajstić information content (AvgIpc) is 2.99. The molecular formula is C18H14ClFN2O2. The molecule has 122 valence electrons. The van der Waals surface area contributed by atoms with Gasteiger partial charge < -0.3 is 9.84 Å². The Balaban J connectivity index is 1.69. The van der Waals surface area contributed by atoms with E-state index in [9.17, 15) is 9.18 Å². The summed E-state index contributed by atoms with van der Waals surface area (Å²) in [4.78, 5) is 12.1. The second-order valence-corrected chi connectivity index (χ2v) is 5.76. The van der Waals surface area contributed by atoms with Crippen LogP contribution < -0.4 is 5.32 Å². The molecular weight excluding hydrogens is 331 g/mol. The largest absolute Gasteiger partial charge is 0.356 e. The SMILES string of the molecule is Cc1ccc(NC(=O)Cc2cc(-c3ccccc3F)on2)cc1Cl. The molecule has 1 N–H and O–H groups in total. The molecule has 0 unspecified atom stereocenters. The van der Waals surface area contributed by atoms with Crippen molar-refractivity contribution < 1.29 is 13.7 Å². The van der Waals surface area contributed by atoms with Gasteiger partial charge in [-0.25, -0.2) is 4.39 Å². The monoisotopic (exact) mass is 344 g/mol. The predicted octanol–water partition coefficient (Wildman–Crippen LogP) is 4.62. The summed E-state index contributed by atoms with van der Waals surface area (Å²) in [6, 6.07) is 13.1. The number of benzene rings is 2. The molecule has 3 rings (SSSR count). The van der Waals surface area contributed by atoms with Gasteiger partial charge in [0.1, 0.15) is 5.82 Å². The Morgan fingerprint density at radius 1 is 1.25 bits per heavy atom. The molecule has 2 aromatic carbocycles. The minimum Gasteiger partial charge on any atom is -0.356 e. The summed E-state index contributed by atoms with van der Waals surface area (Å²) < 4.78 is 18.9. The van der Waals surface area contributed by atoms with Crippen LogP contribution in [-0.4, -0.2) is 11.1 Å². The third kappa shape index (κ3) is 3.63. The van der Waals surface area contributed by atoms with Crippen molar-refractivity contribution in [1.82, 2.24) is 5.16 Å². The Labute approximate surface area is 143 Å². The number of hydrogen-bond donors (Lipinski definition) is 1. The van der Waals surface area contributed by atoms with Crippen molar-refractivity contribution in [2.75, 3.05) is 5.32 Å². The molecule has 3 aromatic rings. The summed E-state index contributed by atoms with van der Waals surface area (Å²) >= 11 is 6.03. The fourth-order valence-electron chi connectivity index (χ4n) is 2.22. The Bertz CT molecular complexity index is 892. The summed E-state index contributed by atoms with van der Waals surface area (Å²) in [6.45, 7) is 1.88. The first kappa shape index (κ1) is 16.2. The van der Waals surface area contributed by atoms with E-state index in [1.165, 1.54) is 6.07 Å². The maximum Gasteiger partial charge on any atom is 0.230 e. The van der Waals surface area contributed by atoms with Gasteiger partial charge >= 0.3 is 0 Å². The first-order valence-corrected chi connectivity index (χ1v) is 7.67. The van der Waals surface area contributed by atoms with Crippen molar-refractivity contribution in [2.24, 2.45) is 0 Å². The van der Waals surface area contributed by atoms with E-state index in [0.717, 1.165) is 5.56 Å². The van der Waals surface area contributed by atoms with Crippen LogP contribution >= 0.6 is 11.6 Å². The summed E-state index contributed by atoms with van der Waals surface area (Å²) in [6.07, 6.45) is 0.0173. The number of nitrogens with one attached hydrogen (secondary N) is 1. The first-order valence-electron chi connectivity index (χ1n) is 7.29. The molecule has 0 bridgehead atoms. The van der Waals surface area contributed by atoms with Gasteiger partial charge in [-0.05, 0) is 36.8 Å². The molecule has 0 fully saturated rings. The molecule has 1 heterocycles. The lowest BCUT2D eigenvalue weighted by molar-refractivity contribution is -0.115. The Morgan fingerprint density at radius 3 is 2.79 bits per heavy atom. The van der Waals surface area contributed by atoms with Gasteiger partial charge in [0.2, 0.25) is 5.91 Å². The molecule has 4 nitrogen and oxygen atoms in total. The Morgan fingerprint density at radius 2 is 2.04 bits per heavy atom. The van der Waals surface area contributed by atoms with Crippen LogP contribution in [0.3, 0.4) is 0 Å². The van der Waals surface area contributed by atoms with E-state index in [-0.39, 0.29) is 18.1 Å². The molecule has 6 heteroatoms. The molecule has 1 aromatic heterocycles. The number of carbonyl (C=O) groups is 1. The maximum atomic E-state index is 13.7. The topological polar surface area (TPSA) is 55.1 Å². The van der Waals surface area contributed by atoms with Gasteiger partial charge in [-0.3, -0.25) is 4.79 Å². The molecule has 24 heavy (non-hydrogen) atoms. The number of halogens is 2. The standard InChI is InChI=1S/C18H14ClFN2O2/c1-11-6-7-12(8-15(11)19)21-18(23)10-13-9-17(24-22-13)14-4-2-3-5-16(14)20/h2-9H,10H2,1H3,(H,21,23). The number of nitrogens with zero attached hydrogens (tertiary/aromatic N) is 1. The van der Waals surface area contributed by atoms with Gasteiger partial charge in [0.15, 0.2) is 5.76 Å². The fourth-order valence-corrected chi connectivity index (χ4v) is 2.40. The minimum absolute atomic E-state index is 0.0173. The summed E-state index contributed by atoms with van der Waals surface area (Å²) in [5, 5.41) is 7.14. The van der Waals surface area contributed by atoms with Gasteiger partial charge in [0, 0.05) is 16.8 Å². The normalized spacial score (nSPS) is 10.6. The van der Waals surface area contributed by atoms with E-state index >= 15 is 0 Å². The van der Waals surface area contributed by atoms with Crippen molar-refractivity contribution >= 4 is 23.2 Å². The summed E-state index contributed by atoms with van der Waals surface area (Å²) in [5.41, 5.74) is 2.26. The van der Waals surface area contributed by atoms with Crippen molar-refractivity contribution in [1.29, 1.82) is 0 Å². The molecule has 1 amide bonds. The van der Waals surface area contributed by atoms with E-state index < -0.39 is 5.82 Å². The van der Waals surface area contributed by atoms with Crippen molar-refractivity contribution in [2.45, 2.75) is 13.3 Å². The summed E-state index contributed by atoms with van der Waals surface area (Å²) in [5.74, 6) is -0.378. The second kappa shape index (κ2) is 6.84. The van der Waals surface area contributed by atoms with Crippen LogP contribution in [0, 0.1) is 12.7 Å². The fraction of sp³-hybridized carbons (Fsp3) is 0.111. The quantitative estimate of drug-likeness (QED) is 0.751. The van der Waals surface area contributed by atoms with E-state index in [1.54, 1.807) is 36.4 Å². The molecule has 0 aliphatic rings. The number of hydrogen-bond acceptors (Lipinski definition) is 3. The van der Waals surface area contributed by atoms with E-state index in [2.05, 4.69) is 10.5 Å². The molecule has 0 aliphatic carbocycles. The van der Waals surface area contributed by atoms with Gasteiger partial charge in [-0.1, -0.05) is 35.0 Å². The van der Waals surface area contributed by atoms with Crippen LogP contribution in [0.15, 0.2) is 53.1 Å². The maximum absolute atomic E-state index is 13.7. The molecule has 0 radical (unpaired) electrons. The first-order chi connectivity index (χ1) is 11.5. The Hall–Kier alpha value is -2.66. The number of anilines is 1. The van der Waals surface area contributed by atoms with Crippen molar-refractivity contribution in [3.05, 3.63) is 70.6 Å². The molecule has 0 atom stereocenters. The molecule has 0 aliphatic heterocycles. The Kier molecular flexibility index (Phi) is 4.62. The lowest BCUT2D eigenvalue weighted by Gasteiger charge is -2.05. The number of amides is 1. The van der Waals surface area contributed by atoms with Gasteiger partial charge in [0.25, 0.3) is 0 Å². The zero-order chi connectivity index (χ0) is 17.1. The average molecular weight is 345 g/mol. The third-order valence-electron chi connectivity index (χ3n) is 3.50. The van der Waals surface area contributed by atoms with E-state index in [1.807, 2.05) is 13.0 Å². The predicted molar refractivity (Wildman–Crippen MR) is 90.4 cm³/mol. The lowest BCUT2D eigenvalue weighted by Crippen LogP contribution is -2.14. The second-order valence-electron chi connectivity index (χ2n) is 5.35. The van der Waals surface area contributed by atoms with E-state index in [4.69, 9.17) is 16.1 Å². The zero-order valence-corrected chi connectivity index (χ0v) is 13.6. The highest BCUT2D eigenvalue weighted by molar-refractivity contribution is 6.31. The van der Waals surface area contributed by atoms with Crippen LogP contribution in [-0.2, 0) is 11.2 Å². The van der Waals surface area contributed by atoms with Crippen molar-refractivity contribution in [3.63, 3.8) is 0 Å². The van der Waals surface area contributed by atoms with E-state index in [0.29, 0.717) is 22.0 Å². The highest BCUT2D eigenvalue weighted by atomic mass is 35.5. The minimum atomic E-state index is -0.404. The van der Waals surface area contributed by atoms with Crippen molar-refractivity contribution in [3.8, 4) is 11.3 Å². The van der Waals surface area contributed by atoms with Crippen LogP contribution in [0.4, 0.5) is 10.1 Å². The van der Waals surface area contributed by atoms with Crippen LogP contribution in [0.1, 0.15) is 11.3 Å². The number of aromatic nitrogens is 1. The number of rotatable bonds is 4. The molecule has 0 saturated carbocycles. The lowest BCUT2D eigenvalue weighted by atomic mass is 10.1. The van der Waals surface area contributed by atoms with Gasteiger partial charge in [-0.2, -0.15) is 0 Å². The number of carbonyl (C=O) groups excluding carboxylic acids is 1. The summed E-state index contributed by atoms with van der Waals surface area (Å²) in [7, 11) is 0. The number of aryl methyl sites for hydroxylation is 1. The van der Waals surface area contributed by atoms with Gasteiger partial charge in [0.05, 0.1) is 17.7 Å². The molecule has 0 spiro atoms. The van der Waals surface area contributed by atoms with Crippen LogP contribution in [0.25, 0.3) is 11.3 Å². The highest BCUT2D eigenvalue weighted by Gasteiger charge is 2.13. The van der Waals surface area contributed by atoms with Crippen LogP contribution in [0.5, 0.6) is 0 Å². The smallest absolute Gasteiger partial charge is 0.230 e. The van der Waals surface area contributed by atoms with Crippen LogP contribution in [0.2, 0.25) is 5.02 Å². The van der Waals surface area contributed by atoms with Gasteiger partial charge in [-0.15, -0.1) is 0 Å². The highest BCUT2D eigenvalue weighted by Crippen LogP contribution is 2.24. The zero-order valence-electron chi connectivity index (χ0n) is 12.8. The third-order valence-corrected chi connectivity index (χ3v) is 3.90.